The molecule has 22 heavy (non-hydrogen) atoms. The summed E-state index contributed by atoms with van der Waals surface area (Å²) < 4.78 is 39.8. The van der Waals surface area contributed by atoms with Gasteiger partial charge in [-0.15, -0.1) is 0 Å². The zero-order valence-electron chi connectivity index (χ0n) is 12.3. The van der Waals surface area contributed by atoms with Gasteiger partial charge in [-0.1, -0.05) is 0 Å². The zero-order valence-corrected chi connectivity index (χ0v) is 12.3. The summed E-state index contributed by atoms with van der Waals surface area (Å²) in [7, 11) is 1.63. The highest BCUT2D eigenvalue weighted by Gasteiger charge is 2.36. The minimum absolute atomic E-state index is 0.0257. The van der Waals surface area contributed by atoms with Crippen LogP contribution in [0.3, 0.4) is 0 Å². The van der Waals surface area contributed by atoms with E-state index < -0.39 is 11.9 Å². The van der Waals surface area contributed by atoms with Gasteiger partial charge in [-0.05, 0) is 25.5 Å². The van der Waals surface area contributed by atoms with E-state index in [1.807, 2.05) is 6.07 Å². The van der Waals surface area contributed by atoms with E-state index in [2.05, 4.69) is 20.1 Å². The van der Waals surface area contributed by atoms with Crippen LogP contribution in [0, 0.1) is 0 Å². The van der Waals surface area contributed by atoms with Crippen LogP contribution >= 0.6 is 0 Å². The number of piperidine rings is 1. The molecule has 1 saturated heterocycles. The van der Waals surface area contributed by atoms with Crippen molar-refractivity contribution in [3.05, 3.63) is 35.7 Å². The van der Waals surface area contributed by atoms with E-state index in [-0.39, 0.29) is 5.92 Å². The maximum absolute atomic E-state index is 12.8. The van der Waals surface area contributed by atoms with Gasteiger partial charge in [0.05, 0.1) is 0 Å². The van der Waals surface area contributed by atoms with Gasteiger partial charge in [-0.25, -0.2) is 4.98 Å². The van der Waals surface area contributed by atoms with Crippen LogP contribution in [0.2, 0.25) is 0 Å². The molecule has 8 heteroatoms. The summed E-state index contributed by atoms with van der Waals surface area (Å²) in [6.45, 7) is 2.38. The van der Waals surface area contributed by atoms with E-state index >= 15 is 0 Å². The van der Waals surface area contributed by atoms with Crippen LogP contribution in [0.15, 0.2) is 18.5 Å². The molecule has 3 heterocycles. The number of nitrogens with one attached hydrogen (secondary N) is 1. The lowest BCUT2D eigenvalue weighted by Gasteiger charge is -2.31. The number of aromatic nitrogens is 4. The molecule has 0 unspecified atom stereocenters. The predicted octanol–water partition coefficient (Wildman–Crippen LogP) is 2.54. The van der Waals surface area contributed by atoms with Crippen molar-refractivity contribution in [1.82, 2.24) is 24.6 Å². The van der Waals surface area contributed by atoms with Crippen molar-refractivity contribution in [3.8, 4) is 0 Å². The van der Waals surface area contributed by atoms with Crippen molar-refractivity contribution in [2.45, 2.75) is 31.5 Å². The molecule has 0 amide bonds. The molecule has 120 valence electrons. The summed E-state index contributed by atoms with van der Waals surface area (Å²) in [5.41, 5.74) is 0.201. The van der Waals surface area contributed by atoms with Crippen LogP contribution in [0.5, 0.6) is 0 Å². The van der Waals surface area contributed by atoms with Gasteiger partial charge in [0.15, 0.2) is 5.69 Å². The Morgan fingerprint density at radius 1 is 1.41 bits per heavy atom. The summed E-state index contributed by atoms with van der Waals surface area (Å²) in [5, 5.41) is 6.83. The van der Waals surface area contributed by atoms with Crippen molar-refractivity contribution in [1.29, 1.82) is 0 Å². The van der Waals surface area contributed by atoms with Crippen LogP contribution in [-0.2, 0) is 19.8 Å². The smallest absolute Gasteiger partial charge is 0.337 e. The Morgan fingerprint density at radius 3 is 2.86 bits per heavy atom. The molecule has 2 aromatic heterocycles. The number of hydrogen-bond acceptors (Lipinski definition) is 3. The summed E-state index contributed by atoms with van der Waals surface area (Å²) in [4.78, 5) is 6.05. The first-order valence-corrected chi connectivity index (χ1v) is 7.24. The second-order valence-electron chi connectivity index (χ2n) is 5.75. The number of alkyl halides is 3. The molecule has 1 N–H and O–H groups in total. The Morgan fingerprint density at radius 2 is 2.23 bits per heavy atom. The van der Waals surface area contributed by atoms with Crippen LogP contribution in [0.25, 0.3) is 0 Å². The largest absolute Gasteiger partial charge is 0.434 e. The highest BCUT2D eigenvalue weighted by atomic mass is 19.4. The molecule has 5 nitrogen and oxygen atoms in total. The first kappa shape index (κ1) is 15.1. The third-order valence-electron chi connectivity index (χ3n) is 4.03. The molecule has 3 rings (SSSR count). The molecule has 0 bridgehead atoms. The van der Waals surface area contributed by atoms with E-state index in [4.69, 9.17) is 0 Å². The van der Waals surface area contributed by atoms with Gasteiger partial charge < -0.3 is 4.57 Å². The topological polar surface area (TPSA) is 49.7 Å². The second-order valence-corrected chi connectivity index (χ2v) is 5.75. The summed E-state index contributed by atoms with van der Waals surface area (Å²) in [6, 6.07) is 1.91. The van der Waals surface area contributed by atoms with Gasteiger partial charge in [0.1, 0.15) is 5.82 Å². The molecule has 0 radical (unpaired) electrons. The van der Waals surface area contributed by atoms with Gasteiger partial charge in [0.2, 0.25) is 0 Å². The van der Waals surface area contributed by atoms with Crippen molar-refractivity contribution >= 4 is 0 Å². The molecule has 0 aliphatic carbocycles. The van der Waals surface area contributed by atoms with Gasteiger partial charge in [0.25, 0.3) is 0 Å². The van der Waals surface area contributed by atoms with Crippen molar-refractivity contribution in [2.24, 2.45) is 7.05 Å². The Bertz CT molecular complexity index is 617. The third-order valence-corrected chi connectivity index (χ3v) is 4.03. The highest BCUT2D eigenvalue weighted by molar-refractivity contribution is 5.12. The van der Waals surface area contributed by atoms with E-state index in [9.17, 15) is 13.2 Å². The molecule has 1 aliphatic heterocycles. The minimum atomic E-state index is -4.39. The number of aryl methyl sites for hydroxylation is 1. The van der Waals surface area contributed by atoms with Gasteiger partial charge in [-0.2, -0.15) is 18.3 Å². The fourth-order valence-corrected chi connectivity index (χ4v) is 3.02. The third kappa shape index (κ3) is 3.16. The fourth-order valence-electron chi connectivity index (χ4n) is 3.02. The lowest BCUT2D eigenvalue weighted by molar-refractivity contribution is -0.141. The second kappa shape index (κ2) is 5.75. The number of nitrogens with zero attached hydrogens (tertiary/aromatic N) is 4. The Hall–Kier alpha value is -1.83. The molecule has 0 spiro atoms. The van der Waals surface area contributed by atoms with E-state index in [0.717, 1.165) is 37.8 Å². The van der Waals surface area contributed by atoms with E-state index in [1.165, 1.54) is 4.57 Å². The van der Waals surface area contributed by atoms with Crippen LogP contribution in [0.4, 0.5) is 13.2 Å². The normalized spacial score (nSPS) is 20.5. The van der Waals surface area contributed by atoms with Crippen LogP contribution < -0.4 is 0 Å². The molecule has 1 atom stereocenters. The molecular formula is C14H18F3N5. The van der Waals surface area contributed by atoms with Crippen molar-refractivity contribution in [3.63, 3.8) is 0 Å². The monoisotopic (exact) mass is 313 g/mol. The van der Waals surface area contributed by atoms with Gasteiger partial charge >= 0.3 is 6.18 Å². The van der Waals surface area contributed by atoms with E-state index in [0.29, 0.717) is 12.4 Å². The molecule has 2 aromatic rings. The summed E-state index contributed by atoms with van der Waals surface area (Å²) >= 11 is 0. The van der Waals surface area contributed by atoms with Crippen LogP contribution in [-0.4, -0.2) is 37.7 Å². The fraction of sp³-hybridized carbons (Fsp3) is 0.571. The number of imidazole rings is 1. The quantitative estimate of drug-likeness (QED) is 0.947. The molecule has 1 aliphatic rings. The van der Waals surface area contributed by atoms with Gasteiger partial charge in [0, 0.05) is 44.1 Å². The number of hydrogen-bond donors (Lipinski definition) is 1. The van der Waals surface area contributed by atoms with Crippen LogP contribution in [0.1, 0.15) is 36.0 Å². The number of H-pyrrole nitrogens is 1. The highest BCUT2D eigenvalue weighted by Crippen LogP contribution is 2.32. The first-order valence-electron chi connectivity index (χ1n) is 7.24. The Labute approximate surface area is 126 Å². The average molecular weight is 313 g/mol. The lowest BCUT2D eigenvalue weighted by Crippen LogP contribution is -2.34. The SMILES string of the molecule is Cn1cc(C(F)(F)F)nc1[C@H]1CCCN(Cc2ccn[nH]2)C1. The zero-order chi connectivity index (χ0) is 15.7. The maximum Gasteiger partial charge on any atom is 0.434 e. The predicted molar refractivity (Wildman–Crippen MR) is 74.0 cm³/mol. The number of halogens is 3. The maximum atomic E-state index is 12.8. The number of likely N-dealkylation sites (tertiary alicyclic amines) is 1. The molecule has 1 fully saturated rings. The van der Waals surface area contributed by atoms with Crippen molar-refractivity contribution in [2.75, 3.05) is 13.1 Å². The first-order chi connectivity index (χ1) is 10.4. The Balaban J connectivity index is 1.73. The summed E-state index contributed by atoms with van der Waals surface area (Å²) in [5.74, 6) is 0.541. The number of aromatic amines is 1. The molecular weight excluding hydrogens is 295 g/mol. The Kier molecular flexibility index (Phi) is 3.94. The van der Waals surface area contributed by atoms with E-state index in [1.54, 1.807) is 13.2 Å². The minimum Gasteiger partial charge on any atom is -0.337 e. The number of rotatable bonds is 3. The van der Waals surface area contributed by atoms with Gasteiger partial charge in [-0.3, -0.25) is 10.00 Å². The molecule has 0 aromatic carbocycles. The van der Waals surface area contributed by atoms with Crippen molar-refractivity contribution < 1.29 is 13.2 Å². The standard InChI is InChI=1S/C14H18F3N5/c1-21-9-12(14(15,16)17)19-13(21)10-3-2-6-22(7-10)8-11-4-5-18-20-11/h4-5,9-10H,2-3,6-8H2,1H3,(H,18,20)/t10-/m0/s1. The molecule has 0 saturated carbocycles. The summed E-state index contributed by atoms with van der Waals surface area (Å²) in [6.07, 6.45) is 0.198. The average Bonchev–Trinajstić information content (AvgIpc) is 3.08. The lowest BCUT2D eigenvalue weighted by atomic mass is 9.97.